The van der Waals surface area contributed by atoms with Crippen LogP contribution in [0.25, 0.3) is 0 Å². The molecule has 5 heteroatoms. The van der Waals surface area contributed by atoms with Gasteiger partial charge in [0.1, 0.15) is 16.6 Å². The van der Waals surface area contributed by atoms with Crippen LogP contribution in [0.5, 0.6) is 11.6 Å². The summed E-state index contributed by atoms with van der Waals surface area (Å²) in [6.45, 7) is 6.45. The number of benzene rings is 1. The van der Waals surface area contributed by atoms with Crippen LogP contribution in [0.1, 0.15) is 31.9 Å². The molecule has 0 aliphatic carbocycles. The van der Waals surface area contributed by atoms with E-state index >= 15 is 0 Å². The maximum Gasteiger partial charge on any atom is 0.238 e. The van der Waals surface area contributed by atoms with E-state index in [0.717, 1.165) is 0 Å². The van der Waals surface area contributed by atoms with Crippen molar-refractivity contribution in [1.82, 2.24) is 4.98 Å². The molecule has 2 rings (SSSR count). The smallest absolute Gasteiger partial charge is 0.238 e. The quantitative estimate of drug-likeness (QED) is 0.662. The number of amidine groups is 1. The highest BCUT2D eigenvalue weighted by Crippen LogP contribution is 2.31. The van der Waals surface area contributed by atoms with Crippen molar-refractivity contribution >= 4 is 17.4 Å². The Morgan fingerprint density at radius 2 is 1.81 bits per heavy atom. The molecule has 21 heavy (non-hydrogen) atoms. The van der Waals surface area contributed by atoms with E-state index in [0.29, 0.717) is 11.3 Å². The lowest BCUT2D eigenvalue weighted by Crippen LogP contribution is -2.12. The molecule has 0 unspecified atom stereocenters. The normalized spacial score (nSPS) is 11.2. The molecule has 110 valence electrons. The van der Waals surface area contributed by atoms with Gasteiger partial charge in [-0.25, -0.2) is 4.98 Å². The summed E-state index contributed by atoms with van der Waals surface area (Å²) in [4.78, 5) is 4.08. The van der Waals surface area contributed by atoms with E-state index in [4.69, 9.17) is 27.5 Å². The molecule has 0 saturated carbocycles. The number of halogens is 1. The van der Waals surface area contributed by atoms with Gasteiger partial charge >= 0.3 is 0 Å². The van der Waals surface area contributed by atoms with Crippen LogP contribution in [0.3, 0.4) is 0 Å². The number of pyridine rings is 1. The zero-order valence-corrected chi connectivity index (χ0v) is 13.0. The molecular formula is C16H18ClN3O. The van der Waals surface area contributed by atoms with Crippen LogP contribution in [0, 0.1) is 5.41 Å². The first-order valence-corrected chi connectivity index (χ1v) is 6.94. The van der Waals surface area contributed by atoms with Gasteiger partial charge in [-0.2, -0.15) is 0 Å². The molecule has 1 heterocycles. The number of rotatable bonds is 3. The first kappa shape index (κ1) is 15.3. The van der Waals surface area contributed by atoms with Gasteiger partial charge in [0, 0.05) is 11.8 Å². The number of hydrogen-bond donors (Lipinski definition) is 2. The molecule has 0 bridgehead atoms. The van der Waals surface area contributed by atoms with Crippen molar-refractivity contribution in [3.05, 3.63) is 52.7 Å². The van der Waals surface area contributed by atoms with E-state index in [1.807, 2.05) is 24.3 Å². The minimum absolute atomic E-state index is 0.0863. The predicted molar refractivity (Wildman–Crippen MR) is 85.5 cm³/mol. The largest absolute Gasteiger partial charge is 0.438 e. The third-order valence-electron chi connectivity index (χ3n) is 3.08. The number of nitrogens with two attached hydrogens (primary N) is 1. The van der Waals surface area contributed by atoms with Gasteiger partial charge in [0.25, 0.3) is 0 Å². The Morgan fingerprint density at radius 1 is 1.19 bits per heavy atom. The summed E-state index contributed by atoms with van der Waals surface area (Å²) in [6, 6.07) is 9.36. The van der Waals surface area contributed by atoms with Gasteiger partial charge < -0.3 is 10.5 Å². The molecule has 0 atom stereocenters. The van der Waals surface area contributed by atoms with E-state index in [9.17, 15) is 0 Å². The van der Waals surface area contributed by atoms with Crippen molar-refractivity contribution in [3.63, 3.8) is 0 Å². The van der Waals surface area contributed by atoms with Crippen LogP contribution in [0.2, 0.25) is 5.02 Å². The Hall–Kier alpha value is -2.07. The fourth-order valence-corrected chi connectivity index (χ4v) is 2.09. The molecule has 1 aromatic heterocycles. The Morgan fingerprint density at radius 3 is 2.33 bits per heavy atom. The molecule has 2 aromatic rings. The molecule has 0 aliphatic heterocycles. The number of nitrogens with one attached hydrogen (secondary N) is 1. The van der Waals surface area contributed by atoms with Crippen LogP contribution < -0.4 is 10.5 Å². The number of ether oxygens (including phenoxy) is 1. The Labute approximate surface area is 129 Å². The lowest BCUT2D eigenvalue weighted by atomic mass is 9.87. The van der Waals surface area contributed by atoms with Crippen molar-refractivity contribution in [2.24, 2.45) is 5.73 Å². The third kappa shape index (κ3) is 3.52. The lowest BCUT2D eigenvalue weighted by molar-refractivity contribution is 0.462. The molecule has 3 N–H and O–H groups in total. The highest BCUT2D eigenvalue weighted by atomic mass is 35.5. The Balaban J connectivity index is 2.27. The van der Waals surface area contributed by atoms with E-state index in [2.05, 4.69) is 25.8 Å². The van der Waals surface area contributed by atoms with Crippen molar-refractivity contribution in [2.45, 2.75) is 26.2 Å². The second-order valence-electron chi connectivity index (χ2n) is 5.77. The third-order valence-corrected chi connectivity index (χ3v) is 3.45. The summed E-state index contributed by atoms with van der Waals surface area (Å²) >= 11 is 6.15. The molecule has 0 amide bonds. The minimum atomic E-state index is -0.115. The van der Waals surface area contributed by atoms with Crippen molar-refractivity contribution in [3.8, 4) is 11.6 Å². The average molecular weight is 304 g/mol. The van der Waals surface area contributed by atoms with Gasteiger partial charge in [-0.1, -0.05) is 44.5 Å². The van der Waals surface area contributed by atoms with Gasteiger partial charge in [0.2, 0.25) is 5.88 Å². The number of aromatic nitrogens is 1. The molecular weight excluding hydrogens is 286 g/mol. The molecule has 0 spiro atoms. The molecule has 0 saturated heterocycles. The second-order valence-corrected chi connectivity index (χ2v) is 6.15. The topological polar surface area (TPSA) is 72.0 Å². The molecule has 4 nitrogen and oxygen atoms in total. The molecule has 0 aliphatic rings. The van der Waals surface area contributed by atoms with E-state index in [-0.39, 0.29) is 22.2 Å². The van der Waals surface area contributed by atoms with Crippen LogP contribution in [-0.2, 0) is 5.41 Å². The Kier molecular flexibility index (Phi) is 4.19. The summed E-state index contributed by atoms with van der Waals surface area (Å²) < 4.78 is 5.67. The zero-order valence-electron chi connectivity index (χ0n) is 12.3. The van der Waals surface area contributed by atoms with E-state index in [1.54, 1.807) is 6.07 Å². The molecule has 1 aromatic carbocycles. The lowest BCUT2D eigenvalue weighted by Gasteiger charge is -2.19. The number of nitrogens with zero attached hydrogens (tertiary/aromatic N) is 1. The van der Waals surface area contributed by atoms with Crippen LogP contribution in [0.15, 0.2) is 36.5 Å². The maximum absolute atomic E-state index is 7.46. The first-order valence-electron chi connectivity index (χ1n) is 6.56. The summed E-state index contributed by atoms with van der Waals surface area (Å²) in [6.07, 6.45) is 1.52. The monoisotopic (exact) mass is 303 g/mol. The SMILES string of the molecule is CC(C)(C)c1ccc(Oc2nccc(C(=N)N)c2Cl)cc1. The predicted octanol–water partition coefficient (Wildman–Crippen LogP) is 4.11. The van der Waals surface area contributed by atoms with Crippen molar-refractivity contribution < 1.29 is 4.74 Å². The Bertz CT molecular complexity index is 660. The number of nitrogen functional groups attached to an aromatic ring is 1. The van der Waals surface area contributed by atoms with Gasteiger partial charge in [-0.15, -0.1) is 0 Å². The van der Waals surface area contributed by atoms with Gasteiger partial charge in [-0.3, -0.25) is 5.41 Å². The van der Waals surface area contributed by atoms with Crippen LogP contribution in [0.4, 0.5) is 0 Å². The fraction of sp³-hybridized carbons (Fsp3) is 0.250. The summed E-state index contributed by atoms with van der Waals surface area (Å²) in [5.41, 5.74) is 7.17. The van der Waals surface area contributed by atoms with Gasteiger partial charge in [-0.05, 0) is 29.2 Å². The van der Waals surface area contributed by atoms with E-state index < -0.39 is 0 Å². The highest BCUT2D eigenvalue weighted by molar-refractivity contribution is 6.35. The van der Waals surface area contributed by atoms with E-state index in [1.165, 1.54) is 11.8 Å². The van der Waals surface area contributed by atoms with Gasteiger partial charge in [0.15, 0.2) is 0 Å². The first-order chi connectivity index (χ1) is 9.79. The summed E-state index contributed by atoms with van der Waals surface area (Å²) in [7, 11) is 0. The second kappa shape index (κ2) is 5.74. The van der Waals surface area contributed by atoms with Crippen molar-refractivity contribution in [1.29, 1.82) is 5.41 Å². The maximum atomic E-state index is 7.46. The van der Waals surface area contributed by atoms with Crippen molar-refractivity contribution in [2.75, 3.05) is 0 Å². The minimum Gasteiger partial charge on any atom is -0.438 e. The number of hydrogen-bond acceptors (Lipinski definition) is 3. The van der Waals surface area contributed by atoms with Crippen LogP contribution >= 0.6 is 11.6 Å². The van der Waals surface area contributed by atoms with Gasteiger partial charge in [0.05, 0.1) is 0 Å². The fourth-order valence-electron chi connectivity index (χ4n) is 1.84. The average Bonchev–Trinajstić information content (AvgIpc) is 2.40. The standard InChI is InChI=1S/C16H18ClN3O/c1-16(2,3)10-4-6-11(7-5-10)21-15-13(17)12(14(18)19)8-9-20-15/h4-9H,1-3H3,(H3,18,19). The zero-order chi connectivity index (χ0) is 15.6. The highest BCUT2D eigenvalue weighted by Gasteiger charge is 2.14. The molecule has 0 radical (unpaired) electrons. The summed E-state index contributed by atoms with van der Waals surface area (Å²) in [5, 5.41) is 7.70. The summed E-state index contributed by atoms with van der Waals surface area (Å²) in [5.74, 6) is 0.765. The van der Waals surface area contributed by atoms with Crippen LogP contribution in [-0.4, -0.2) is 10.8 Å². The molecule has 0 fully saturated rings.